The maximum atomic E-state index is 10.9. The van der Waals surface area contributed by atoms with Gasteiger partial charge in [0.1, 0.15) is 13.2 Å². The van der Waals surface area contributed by atoms with Gasteiger partial charge in [0.15, 0.2) is 6.10 Å². The average molecular weight is 211 g/mol. The van der Waals surface area contributed by atoms with E-state index < -0.39 is 24.6 Å². The van der Waals surface area contributed by atoms with Crippen LogP contribution < -0.4 is 0 Å². The summed E-state index contributed by atoms with van der Waals surface area (Å²) in [7, 11) is 0. The van der Waals surface area contributed by atoms with Gasteiger partial charge < -0.3 is 14.6 Å². The lowest BCUT2D eigenvalue weighted by atomic mass is 10.4. The Hall–Kier alpha value is -0.810. The summed E-state index contributed by atoms with van der Waals surface area (Å²) in [4.78, 5) is 21.4. The van der Waals surface area contributed by atoms with Crippen molar-refractivity contribution in [3.63, 3.8) is 0 Å². The number of alkyl halides is 1. The number of aliphatic hydroxyl groups excluding tert-OH is 1. The van der Waals surface area contributed by atoms with Gasteiger partial charge in [0.2, 0.25) is 0 Å². The summed E-state index contributed by atoms with van der Waals surface area (Å²) in [6, 6.07) is 0. The Morgan fingerprint density at radius 3 is 2.62 bits per heavy atom. The lowest BCUT2D eigenvalue weighted by Crippen LogP contribution is -2.27. The minimum absolute atomic E-state index is 0.0708. The summed E-state index contributed by atoms with van der Waals surface area (Å²) < 4.78 is 9.02. The lowest BCUT2D eigenvalue weighted by molar-refractivity contribution is -0.167. The molecule has 0 fully saturated rings. The van der Waals surface area contributed by atoms with E-state index in [0.29, 0.717) is 0 Å². The van der Waals surface area contributed by atoms with Gasteiger partial charge >= 0.3 is 11.9 Å². The first-order valence-electron chi connectivity index (χ1n) is 3.64. The molecule has 0 aromatic carbocycles. The van der Waals surface area contributed by atoms with Crippen LogP contribution in [-0.2, 0) is 19.1 Å². The van der Waals surface area contributed by atoms with Crippen LogP contribution in [0.2, 0.25) is 0 Å². The topological polar surface area (TPSA) is 72.8 Å². The maximum absolute atomic E-state index is 10.9. The highest BCUT2D eigenvalue weighted by Crippen LogP contribution is 1.95. The van der Waals surface area contributed by atoms with E-state index in [1.807, 2.05) is 0 Å². The van der Waals surface area contributed by atoms with E-state index in [9.17, 15) is 9.59 Å². The Kier molecular flexibility index (Phi) is 6.26. The largest absolute Gasteiger partial charge is 0.462 e. The highest BCUT2D eigenvalue weighted by atomic mass is 35.5. The summed E-state index contributed by atoms with van der Waals surface area (Å²) >= 11 is 5.26. The first-order valence-corrected chi connectivity index (χ1v) is 4.18. The molecule has 13 heavy (non-hydrogen) atoms. The molecule has 76 valence electrons. The minimum Gasteiger partial charge on any atom is -0.462 e. The van der Waals surface area contributed by atoms with Gasteiger partial charge in [0.25, 0.3) is 0 Å². The Balaban J connectivity index is 3.75. The van der Waals surface area contributed by atoms with Crippen molar-refractivity contribution in [2.24, 2.45) is 0 Å². The van der Waals surface area contributed by atoms with Crippen molar-refractivity contribution >= 4 is 23.5 Å². The van der Waals surface area contributed by atoms with E-state index in [1.54, 1.807) is 0 Å². The van der Waals surface area contributed by atoms with Crippen molar-refractivity contribution in [3.8, 4) is 0 Å². The van der Waals surface area contributed by atoms with E-state index >= 15 is 0 Å². The van der Waals surface area contributed by atoms with Crippen molar-refractivity contribution in [2.75, 3.05) is 19.1 Å². The molecule has 0 spiro atoms. The molecule has 0 aliphatic heterocycles. The average Bonchev–Trinajstić information content (AvgIpc) is 2.13. The summed E-state index contributed by atoms with van der Waals surface area (Å²) in [5.41, 5.74) is 0. The quantitative estimate of drug-likeness (QED) is 0.498. The Morgan fingerprint density at radius 2 is 2.15 bits per heavy atom. The zero-order valence-electron chi connectivity index (χ0n) is 7.16. The van der Waals surface area contributed by atoms with Crippen molar-refractivity contribution in [1.82, 2.24) is 0 Å². The van der Waals surface area contributed by atoms with Crippen LogP contribution in [0.15, 0.2) is 0 Å². The number of aliphatic hydroxyl groups is 1. The standard InChI is InChI=1S/C7H11ClO5/c1-5(13-6(10)4-9)7(11)12-3-2-8/h5,9H,2-4H2,1H3. The molecule has 0 saturated heterocycles. The second-order valence-electron chi connectivity index (χ2n) is 2.15. The van der Waals surface area contributed by atoms with Gasteiger partial charge in [0.05, 0.1) is 5.88 Å². The van der Waals surface area contributed by atoms with Gasteiger partial charge in [-0.05, 0) is 6.92 Å². The van der Waals surface area contributed by atoms with Gasteiger partial charge in [-0.15, -0.1) is 11.6 Å². The van der Waals surface area contributed by atoms with Crippen LogP contribution in [0, 0.1) is 0 Å². The fourth-order valence-electron chi connectivity index (χ4n) is 0.539. The molecule has 0 aliphatic rings. The minimum atomic E-state index is -1.01. The van der Waals surface area contributed by atoms with Crippen LogP contribution in [-0.4, -0.2) is 42.2 Å². The maximum Gasteiger partial charge on any atom is 0.347 e. The molecule has 0 aromatic rings. The number of esters is 2. The number of halogens is 1. The van der Waals surface area contributed by atoms with Crippen molar-refractivity contribution < 1.29 is 24.2 Å². The fourth-order valence-corrected chi connectivity index (χ4v) is 0.616. The molecule has 1 unspecified atom stereocenters. The Bertz CT molecular complexity index is 182. The molecule has 0 bridgehead atoms. The van der Waals surface area contributed by atoms with Gasteiger partial charge in [-0.1, -0.05) is 0 Å². The monoisotopic (exact) mass is 210 g/mol. The number of ether oxygens (including phenoxy) is 2. The number of carbonyl (C=O) groups excluding carboxylic acids is 2. The molecule has 0 amide bonds. The predicted molar refractivity (Wildman–Crippen MR) is 44.3 cm³/mol. The Labute approximate surface area is 80.6 Å². The molecule has 6 heteroatoms. The zero-order chi connectivity index (χ0) is 10.3. The fraction of sp³-hybridized carbons (Fsp3) is 0.714. The summed E-state index contributed by atoms with van der Waals surface area (Å²) in [5.74, 6) is -1.36. The van der Waals surface area contributed by atoms with Crippen LogP contribution in [0.3, 0.4) is 0 Å². The second kappa shape index (κ2) is 6.68. The number of carbonyl (C=O) groups is 2. The van der Waals surface area contributed by atoms with Crippen molar-refractivity contribution in [3.05, 3.63) is 0 Å². The number of hydrogen-bond donors (Lipinski definition) is 1. The summed E-state index contributed by atoms with van der Waals surface area (Å²) in [6.07, 6.45) is -1.01. The van der Waals surface area contributed by atoms with E-state index in [2.05, 4.69) is 9.47 Å². The van der Waals surface area contributed by atoms with Gasteiger partial charge in [-0.2, -0.15) is 0 Å². The van der Waals surface area contributed by atoms with E-state index in [-0.39, 0.29) is 12.5 Å². The smallest absolute Gasteiger partial charge is 0.347 e. The van der Waals surface area contributed by atoms with Crippen LogP contribution in [0.25, 0.3) is 0 Å². The zero-order valence-corrected chi connectivity index (χ0v) is 7.91. The highest BCUT2D eigenvalue weighted by molar-refractivity contribution is 6.18. The van der Waals surface area contributed by atoms with Crippen molar-refractivity contribution in [1.29, 1.82) is 0 Å². The number of rotatable bonds is 5. The molecular weight excluding hydrogens is 200 g/mol. The lowest BCUT2D eigenvalue weighted by Gasteiger charge is -2.10. The van der Waals surface area contributed by atoms with Crippen LogP contribution in [0.4, 0.5) is 0 Å². The molecule has 0 saturated carbocycles. The third kappa shape index (κ3) is 5.43. The van der Waals surface area contributed by atoms with E-state index in [1.165, 1.54) is 6.92 Å². The van der Waals surface area contributed by atoms with Gasteiger partial charge in [-0.25, -0.2) is 9.59 Å². The van der Waals surface area contributed by atoms with Crippen LogP contribution in [0.1, 0.15) is 6.92 Å². The Morgan fingerprint density at radius 1 is 1.54 bits per heavy atom. The second-order valence-corrected chi connectivity index (χ2v) is 2.52. The van der Waals surface area contributed by atoms with Crippen molar-refractivity contribution in [2.45, 2.75) is 13.0 Å². The highest BCUT2D eigenvalue weighted by Gasteiger charge is 2.18. The van der Waals surface area contributed by atoms with E-state index in [0.717, 1.165) is 0 Å². The normalized spacial score (nSPS) is 11.9. The molecule has 0 aliphatic carbocycles. The third-order valence-electron chi connectivity index (χ3n) is 1.09. The van der Waals surface area contributed by atoms with Crippen LogP contribution >= 0.6 is 11.6 Å². The molecule has 0 aromatic heterocycles. The first kappa shape index (κ1) is 12.2. The molecule has 0 radical (unpaired) electrons. The molecule has 0 rings (SSSR count). The summed E-state index contributed by atoms with van der Waals surface area (Å²) in [5, 5.41) is 8.29. The summed E-state index contributed by atoms with van der Waals surface area (Å²) in [6.45, 7) is 0.665. The first-order chi connectivity index (χ1) is 6.11. The van der Waals surface area contributed by atoms with Crippen LogP contribution in [0.5, 0.6) is 0 Å². The SMILES string of the molecule is CC(OC(=O)CO)C(=O)OCCCl. The number of hydrogen-bond acceptors (Lipinski definition) is 5. The molecule has 5 nitrogen and oxygen atoms in total. The van der Waals surface area contributed by atoms with Gasteiger partial charge in [0, 0.05) is 0 Å². The molecule has 1 N–H and O–H groups in total. The van der Waals surface area contributed by atoms with Gasteiger partial charge in [-0.3, -0.25) is 0 Å². The van der Waals surface area contributed by atoms with E-state index in [4.69, 9.17) is 16.7 Å². The molecule has 0 heterocycles. The molecule has 1 atom stereocenters. The molecular formula is C7H11ClO5. The third-order valence-corrected chi connectivity index (χ3v) is 1.25. The predicted octanol–water partition coefficient (Wildman–Crippen LogP) is -0.308.